The normalized spacial score (nSPS) is 10.7. The molecule has 1 aromatic carbocycles. The number of carbonyl (C=O) groups excluding carboxylic acids is 1. The fourth-order valence-electron chi connectivity index (χ4n) is 2.26. The van der Waals surface area contributed by atoms with Crippen LogP contribution in [0.5, 0.6) is 0 Å². The molecule has 0 radical (unpaired) electrons. The van der Waals surface area contributed by atoms with Crippen LogP contribution in [0, 0.1) is 6.92 Å². The standard InChI is InChI=1S/C16H14ClN3O2S/c1-3-22-16(21)13-9(2)12-14(18-8-19-15(12)23-13)20-11-6-4-5-10(17)7-11/h4-8H,3H2,1-2H3,(H,18,19,20). The van der Waals surface area contributed by atoms with Crippen molar-refractivity contribution in [3.63, 3.8) is 0 Å². The summed E-state index contributed by atoms with van der Waals surface area (Å²) in [5, 5.41) is 4.69. The van der Waals surface area contributed by atoms with Crippen LogP contribution < -0.4 is 5.32 Å². The second kappa shape index (κ2) is 6.52. The van der Waals surface area contributed by atoms with Crippen LogP contribution in [0.25, 0.3) is 10.2 Å². The van der Waals surface area contributed by atoms with Crippen molar-refractivity contribution >= 4 is 50.6 Å². The smallest absolute Gasteiger partial charge is 0.348 e. The van der Waals surface area contributed by atoms with Gasteiger partial charge >= 0.3 is 5.97 Å². The van der Waals surface area contributed by atoms with Crippen LogP contribution in [0.1, 0.15) is 22.2 Å². The molecule has 2 aromatic heterocycles. The van der Waals surface area contributed by atoms with E-state index in [1.807, 2.05) is 25.1 Å². The van der Waals surface area contributed by atoms with Gasteiger partial charge in [0.1, 0.15) is 21.9 Å². The average molecular weight is 348 g/mol. The fraction of sp³-hybridized carbons (Fsp3) is 0.188. The van der Waals surface area contributed by atoms with Crippen LogP contribution in [0.2, 0.25) is 5.02 Å². The molecule has 1 N–H and O–H groups in total. The molecule has 3 aromatic rings. The van der Waals surface area contributed by atoms with Crippen LogP contribution in [-0.4, -0.2) is 22.5 Å². The summed E-state index contributed by atoms with van der Waals surface area (Å²) in [6.07, 6.45) is 1.47. The number of aryl methyl sites for hydroxylation is 1. The van der Waals surface area contributed by atoms with Gasteiger partial charge in [0.25, 0.3) is 0 Å². The number of esters is 1. The van der Waals surface area contributed by atoms with Gasteiger partial charge in [0.2, 0.25) is 0 Å². The Hall–Kier alpha value is -2.18. The number of aromatic nitrogens is 2. The quantitative estimate of drug-likeness (QED) is 0.700. The maximum atomic E-state index is 12.1. The average Bonchev–Trinajstić information content (AvgIpc) is 2.86. The number of carbonyl (C=O) groups is 1. The van der Waals surface area contributed by atoms with Gasteiger partial charge in [-0.1, -0.05) is 17.7 Å². The largest absolute Gasteiger partial charge is 0.462 e. The van der Waals surface area contributed by atoms with Crippen LogP contribution in [0.4, 0.5) is 11.5 Å². The van der Waals surface area contributed by atoms with Crippen molar-refractivity contribution in [2.75, 3.05) is 11.9 Å². The zero-order valence-electron chi connectivity index (χ0n) is 12.6. The van der Waals surface area contributed by atoms with Gasteiger partial charge < -0.3 is 10.1 Å². The van der Waals surface area contributed by atoms with Gasteiger partial charge in [-0.3, -0.25) is 0 Å². The summed E-state index contributed by atoms with van der Waals surface area (Å²) in [4.78, 5) is 21.9. The van der Waals surface area contributed by atoms with Gasteiger partial charge in [-0.2, -0.15) is 0 Å². The van der Waals surface area contributed by atoms with E-state index in [1.54, 1.807) is 13.0 Å². The summed E-state index contributed by atoms with van der Waals surface area (Å²) in [7, 11) is 0. The third-order valence-corrected chi connectivity index (χ3v) is 4.69. The molecule has 0 amide bonds. The Balaban J connectivity index is 2.06. The lowest BCUT2D eigenvalue weighted by atomic mass is 10.2. The van der Waals surface area contributed by atoms with Gasteiger partial charge in [-0.15, -0.1) is 11.3 Å². The van der Waals surface area contributed by atoms with E-state index in [9.17, 15) is 4.79 Å². The Bertz CT molecular complexity index is 879. The molecule has 23 heavy (non-hydrogen) atoms. The molecule has 0 aliphatic carbocycles. The van der Waals surface area contributed by atoms with Crippen molar-refractivity contribution in [3.8, 4) is 0 Å². The molecule has 0 fully saturated rings. The zero-order valence-corrected chi connectivity index (χ0v) is 14.2. The summed E-state index contributed by atoms with van der Waals surface area (Å²) >= 11 is 7.32. The molecular weight excluding hydrogens is 334 g/mol. The van der Waals surface area contributed by atoms with Gasteiger partial charge in [0.05, 0.1) is 12.0 Å². The highest BCUT2D eigenvalue weighted by molar-refractivity contribution is 7.20. The Morgan fingerprint density at radius 3 is 2.96 bits per heavy atom. The number of benzene rings is 1. The van der Waals surface area contributed by atoms with Crippen molar-refractivity contribution in [2.24, 2.45) is 0 Å². The molecule has 2 heterocycles. The van der Waals surface area contributed by atoms with Gasteiger partial charge in [-0.05, 0) is 37.6 Å². The van der Waals surface area contributed by atoms with E-state index in [0.29, 0.717) is 22.3 Å². The van der Waals surface area contributed by atoms with E-state index in [0.717, 1.165) is 21.5 Å². The summed E-state index contributed by atoms with van der Waals surface area (Å²) in [5.41, 5.74) is 1.63. The number of fused-ring (bicyclic) bond motifs is 1. The molecule has 7 heteroatoms. The van der Waals surface area contributed by atoms with Crippen molar-refractivity contribution in [1.29, 1.82) is 0 Å². The van der Waals surface area contributed by atoms with E-state index < -0.39 is 0 Å². The topological polar surface area (TPSA) is 64.1 Å². The summed E-state index contributed by atoms with van der Waals surface area (Å²) < 4.78 is 5.10. The van der Waals surface area contributed by atoms with E-state index >= 15 is 0 Å². The number of hydrogen-bond donors (Lipinski definition) is 1. The third kappa shape index (κ3) is 3.13. The number of rotatable bonds is 4. The van der Waals surface area contributed by atoms with E-state index in [-0.39, 0.29) is 5.97 Å². The van der Waals surface area contributed by atoms with Crippen LogP contribution in [0.3, 0.4) is 0 Å². The molecule has 0 spiro atoms. The van der Waals surface area contributed by atoms with Crippen molar-refractivity contribution in [2.45, 2.75) is 13.8 Å². The van der Waals surface area contributed by atoms with Crippen LogP contribution >= 0.6 is 22.9 Å². The van der Waals surface area contributed by atoms with Crippen LogP contribution in [-0.2, 0) is 4.74 Å². The SMILES string of the molecule is CCOC(=O)c1sc2ncnc(Nc3cccc(Cl)c3)c2c1C. The lowest BCUT2D eigenvalue weighted by Crippen LogP contribution is -2.03. The Morgan fingerprint density at radius 2 is 2.22 bits per heavy atom. The molecule has 0 aliphatic rings. The number of nitrogens with one attached hydrogen (secondary N) is 1. The summed E-state index contributed by atoms with van der Waals surface area (Å²) in [6, 6.07) is 7.36. The number of ether oxygens (including phenoxy) is 1. The summed E-state index contributed by atoms with van der Waals surface area (Å²) in [5.74, 6) is 0.309. The fourth-order valence-corrected chi connectivity index (χ4v) is 3.49. The maximum Gasteiger partial charge on any atom is 0.348 e. The molecule has 118 valence electrons. The Kier molecular flexibility index (Phi) is 4.45. The van der Waals surface area contributed by atoms with Crippen LogP contribution in [0.15, 0.2) is 30.6 Å². The second-order valence-electron chi connectivity index (χ2n) is 4.81. The van der Waals surface area contributed by atoms with E-state index in [2.05, 4.69) is 15.3 Å². The Labute approximate surface area is 142 Å². The van der Waals surface area contributed by atoms with Gasteiger partial charge in [0, 0.05) is 10.7 Å². The molecular formula is C16H14ClN3O2S. The van der Waals surface area contributed by atoms with E-state index in [1.165, 1.54) is 17.7 Å². The highest BCUT2D eigenvalue weighted by Crippen LogP contribution is 2.35. The minimum atomic E-state index is -0.332. The summed E-state index contributed by atoms with van der Waals surface area (Å²) in [6.45, 7) is 4.00. The molecule has 0 atom stereocenters. The first kappa shape index (κ1) is 15.7. The monoisotopic (exact) mass is 347 g/mol. The first-order valence-corrected chi connectivity index (χ1v) is 8.23. The Morgan fingerprint density at radius 1 is 1.39 bits per heavy atom. The molecule has 5 nitrogen and oxygen atoms in total. The maximum absolute atomic E-state index is 12.1. The number of hydrogen-bond acceptors (Lipinski definition) is 6. The lowest BCUT2D eigenvalue weighted by Gasteiger charge is -2.07. The number of nitrogens with zero attached hydrogens (tertiary/aromatic N) is 2. The predicted octanol–water partition coefficient (Wildman–Crippen LogP) is 4.57. The van der Waals surface area contributed by atoms with E-state index in [4.69, 9.17) is 16.3 Å². The first-order valence-electron chi connectivity index (χ1n) is 7.04. The minimum Gasteiger partial charge on any atom is -0.462 e. The minimum absolute atomic E-state index is 0.332. The van der Waals surface area contributed by atoms with Gasteiger partial charge in [-0.25, -0.2) is 14.8 Å². The molecule has 0 bridgehead atoms. The number of thiophene rings is 1. The lowest BCUT2D eigenvalue weighted by molar-refractivity contribution is 0.0531. The molecule has 3 rings (SSSR count). The first-order chi connectivity index (χ1) is 11.1. The molecule has 0 aliphatic heterocycles. The third-order valence-electron chi connectivity index (χ3n) is 3.28. The highest BCUT2D eigenvalue weighted by Gasteiger charge is 2.20. The van der Waals surface area contributed by atoms with Crippen molar-refractivity contribution in [3.05, 3.63) is 46.1 Å². The predicted molar refractivity (Wildman–Crippen MR) is 92.8 cm³/mol. The number of halogens is 1. The molecule has 0 saturated carbocycles. The molecule has 0 unspecified atom stereocenters. The highest BCUT2D eigenvalue weighted by atomic mass is 35.5. The van der Waals surface area contributed by atoms with Crippen molar-refractivity contribution in [1.82, 2.24) is 9.97 Å². The zero-order chi connectivity index (χ0) is 16.4. The van der Waals surface area contributed by atoms with Gasteiger partial charge in [0.15, 0.2) is 0 Å². The van der Waals surface area contributed by atoms with Crippen molar-refractivity contribution < 1.29 is 9.53 Å². The molecule has 0 saturated heterocycles. The number of anilines is 2. The second-order valence-corrected chi connectivity index (χ2v) is 6.25.